The van der Waals surface area contributed by atoms with Gasteiger partial charge in [-0.3, -0.25) is 0 Å². The molecule has 0 aromatic carbocycles. The molecule has 0 spiro atoms. The van der Waals surface area contributed by atoms with Gasteiger partial charge in [0.05, 0.1) is 6.10 Å². The third-order valence-electron chi connectivity index (χ3n) is 1.60. The molecule has 0 bridgehead atoms. The molecule has 1 N–H and O–H groups in total. The fraction of sp³-hybridized carbons (Fsp3) is 0.714. The van der Waals surface area contributed by atoms with Crippen LogP contribution >= 0.6 is 21.6 Å². The van der Waals surface area contributed by atoms with Crippen LogP contribution in [0.2, 0.25) is 0 Å². The lowest BCUT2D eigenvalue weighted by Crippen LogP contribution is -2.22. The van der Waals surface area contributed by atoms with Crippen molar-refractivity contribution in [3.05, 3.63) is 12.2 Å². The Bertz CT molecular complexity index is 130. The monoisotopic (exact) mass is 176 g/mol. The van der Waals surface area contributed by atoms with Crippen LogP contribution in [-0.4, -0.2) is 22.7 Å². The van der Waals surface area contributed by atoms with Crippen molar-refractivity contribution >= 4 is 21.6 Å². The molecule has 3 heteroatoms. The summed E-state index contributed by atoms with van der Waals surface area (Å²) in [6.45, 7) is 5.62. The molecule has 1 unspecified atom stereocenters. The molecule has 0 amide bonds. The molecule has 1 saturated heterocycles. The van der Waals surface area contributed by atoms with E-state index in [0.717, 1.165) is 17.1 Å². The van der Waals surface area contributed by atoms with Gasteiger partial charge in [0.2, 0.25) is 0 Å². The molecule has 0 aromatic heterocycles. The van der Waals surface area contributed by atoms with Gasteiger partial charge in [0.15, 0.2) is 0 Å². The summed E-state index contributed by atoms with van der Waals surface area (Å²) in [6.07, 6.45) is -0.275. The zero-order chi connectivity index (χ0) is 7.56. The first kappa shape index (κ1) is 8.50. The Morgan fingerprint density at radius 3 is 2.50 bits per heavy atom. The van der Waals surface area contributed by atoms with Crippen LogP contribution in [0.3, 0.4) is 0 Å². The van der Waals surface area contributed by atoms with E-state index in [1.54, 1.807) is 0 Å². The van der Waals surface area contributed by atoms with Crippen LogP contribution in [0.5, 0.6) is 0 Å². The zero-order valence-electron chi connectivity index (χ0n) is 6.04. The summed E-state index contributed by atoms with van der Waals surface area (Å²) in [5.41, 5.74) is 0.896. The molecule has 1 heterocycles. The quantitative estimate of drug-likeness (QED) is 0.513. The predicted molar refractivity (Wildman–Crippen MR) is 49.2 cm³/mol. The maximum absolute atomic E-state index is 9.50. The van der Waals surface area contributed by atoms with Crippen molar-refractivity contribution in [2.75, 3.05) is 11.5 Å². The third-order valence-corrected chi connectivity index (χ3v) is 4.21. The molecule has 1 nitrogen and oxygen atoms in total. The Morgan fingerprint density at radius 2 is 2.10 bits per heavy atom. The van der Waals surface area contributed by atoms with Crippen LogP contribution in [0, 0.1) is 5.92 Å². The van der Waals surface area contributed by atoms with Gasteiger partial charge >= 0.3 is 0 Å². The first-order valence-electron chi connectivity index (χ1n) is 3.29. The third kappa shape index (κ3) is 1.94. The summed E-state index contributed by atoms with van der Waals surface area (Å²) in [5, 5.41) is 9.50. The van der Waals surface area contributed by atoms with Gasteiger partial charge in [-0.05, 0) is 6.92 Å². The topological polar surface area (TPSA) is 20.2 Å². The van der Waals surface area contributed by atoms with Gasteiger partial charge in [-0.2, -0.15) is 0 Å². The van der Waals surface area contributed by atoms with Crippen molar-refractivity contribution in [2.24, 2.45) is 5.92 Å². The van der Waals surface area contributed by atoms with Gasteiger partial charge in [-0.1, -0.05) is 33.7 Å². The van der Waals surface area contributed by atoms with E-state index >= 15 is 0 Å². The zero-order valence-corrected chi connectivity index (χ0v) is 7.67. The van der Waals surface area contributed by atoms with Gasteiger partial charge in [0, 0.05) is 17.4 Å². The average molecular weight is 176 g/mol. The van der Waals surface area contributed by atoms with Crippen molar-refractivity contribution in [1.29, 1.82) is 0 Å². The molecule has 0 radical (unpaired) electrons. The normalized spacial score (nSPS) is 23.0. The molecule has 0 saturated carbocycles. The van der Waals surface area contributed by atoms with Gasteiger partial charge in [0.1, 0.15) is 0 Å². The van der Waals surface area contributed by atoms with Crippen molar-refractivity contribution in [2.45, 2.75) is 13.0 Å². The number of rotatable bonds is 2. The van der Waals surface area contributed by atoms with Crippen molar-refractivity contribution < 1.29 is 5.11 Å². The maximum Gasteiger partial charge on any atom is 0.0789 e. The van der Waals surface area contributed by atoms with E-state index in [4.69, 9.17) is 0 Å². The van der Waals surface area contributed by atoms with Crippen LogP contribution in [0.4, 0.5) is 0 Å². The SMILES string of the molecule is C=C(C)C(O)C1CSSC1. The second-order valence-corrected chi connectivity index (χ2v) is 5.17. The maximum atomic E-state index is 9.50. The van der Waals surface area contributed by atoms with Gasteiger partial charge in [-0.15, -0.1) is 0 Å². The van der Waals surface area contributed by atoms with Crippen LogP contribution in [0.1, 0.15) is 6.92 Å². The Hall–Kier alpha value is 0.400. The van der Waals surface area contributed by atoms with E-state index in [9.17, 15) is 5.11 Å². The second kappa shape index (κ2) is 3.69. The highest BCUT2D eigenvalue weighted by Crippen LogP contribution is 2.37. The molecule has 1 fully saturated rings. The summed E-state index contributed by atoms with van der Waals surface area (Å²) < 4.78 is 0. The van der Waals surface area contributed by atoms with Gasteiger partial charge < -0.3 is 5.11 Å². The molecule has 10 heavy (non-hydrogen) atoms. The minimum atomic E-state index is -0.275. The average Bonchev–Trinajstić information content (AvgIpc) is 2.36. The van der Waals surface area contributed by atoms with Crippen LogP contribution in [0.25, 0.3) is 0 Å². The summed E-state index contributed by atoms with van der Waals surface area (Å²) in [7, 11) is 3.69. The highest BCUT2D eigenvalue weighted by atomic mass is 33.1. The lowest BCUT2D eigenvalue weighted by atomic mass is 10.0. The highest BCUT2D eigenvalue weighted by Gasteiger charge is 2.24. The van der Waals surface area contributed by atoms with Crippen molar-refractivity contribution in [3.8, 4) is 0 Å². The van der Waals surface area contributed by atoms with E-state index < -0.39 is 0 Å². The molecular formula is C7H12OS2. The van der Waals surface area contributed by atoms with Gasteiger partial charge in [-0.25, -0.2) is 0 Å². The van der Waals surface area contributed by atoms with Crippen molar-refractivity contribution in [3.63, 3.8) is 0 Å². The Kier molecular flexibility index (Phi) is 3.14. The fourth-order valence-electron chi connectivity index (χ4n) is 0.904. The number of aliphatic hydroxyl groups excluding tert-OH is 1. The van der Waals surface area contributed by atoms with E-state index in [0.29, 0.717) is 5.92 Å². The standard InChI is InChI=1S/C7H12OS2/c1-5(2)7(8)6-3-9-10-4-6/h6-8H,1,3-4H2,2H3. The number of hydrogen-bond acceptors (Lipinski definition) is 3. The van der Waals surface area contributed by atoms with E-state index in [2.05, 4.69) is 6.58 Å². The second-order valence-electron chi connectivity index (χ2n) is 2.62. The summed E-state index contributed by atoms with van der Waals surface area (Å²) >= 11 is 0. The largest absolute Gasteiger partial charge is 0.388 e. The lowest BCUT2D eigenvalue weighted by molar-refractivity contribution is 0.166. The van der Waals surface area contributed by atoms with Crippen LogP contribution < -0.4 is 0 Å². The lowest BCUT2D eigenvalue weighted by Gasteiger charge is -2.15. The Morgan fingerprint density at radius 1 is 1.60 bits per heavy atom. The van der Waals surface area contributed by atoms with E-state index in [-0.39, 0.29) is 6.10 Å². The molecule has 1 aliphatic heterocycles. The summed E-state index contributed by atoms with van der Waals surface area (Å²) in [4.78, 5) is 0. The van der Waals surface area contributed by atoms with E-state index in [1.807, 2.05) is 28.5 Å². The molecule has 0 aromatic rings. The first-order chi connectivity index (χ1) is 4.72. The Balaban J connectivity index is 2.39. The van der Waals surface area contributed by atoms with E-state index in [1.165, 1.54) is 0 Å². The Labute approximate surface area is 69.7 Å². The molecule has 1 aliphatic rings. The highest BCUT2D eigenvalue weighted by molar-refractivity contribution is 8.77. The number of aliphatic hydroxyl groups is 1. The molecular weight excluding hydrogens is 164 g/mol. The molecule has 1 atom stereocenters. The number of hydrogen-bond donors (Lipinski definition) is 1. The molecule has 1 rings (SSSR count). The smallest absolute Gasteiger partial charge is 0.0789 e. The molecule has 58 valence electrons. The van der Waals surface area contributed by atoms with Crippen molar-refractivity contribution in [1.82, 2.24) is 0 Å². The minimum absolute atomic E-state index is 0.275. The minimum Gasteiger partial charge on any atom is -0.388 e. The van der Waals surface area contributed by atoms with Gasteiger partial charge in [0.25, 0.3) is 0 Å². The fourth-order valence-corrected chi connectivity index (χ4v) is 3.82. The van der Waals surface area contributed by atoms with Crippen LogP contribution in [-0.2, 0) is 0 Å². The van der Waals surface area contributed by atoms with Crippen LogP contribution in [0.15, 0.2) is 12.2 Å². The predicted octanol–water partition coefficient (Wildman–Crippen LogP) is 1.93. The summed E-state index contributed by atoms with van der Waals surface area (Å²) in [6, 6.07) is 0. The molecule has 0 aliphatic carbocycles. The summed E-state index contributed by atoms with van der Waals surface area (Å²) in [5.74, 6) is 2.57. The first-order valence-corrected chi connectivity index (χ1v) is 5.78.